The van der Waals surface area contributed by atoms with Crippen LogP contribution in [0, 0.1) is 0 Å². The molecule has 8 heavy (non-hydrogen) atoms. The molecule has 0 spiro atoms. The van der Waals surface area contributed by atoms with Gasteiger partial charge in [0, 0.05) is 6.92 Å². The van der Waals surface area contributed by atoms with Crippen molar-refractivity contribution < 1.29 is 4.79 Å². The molecule has 46 valence electrons. The molecular weight excluding hydrogens is 122 g/mol. The number of carbonyl (C=O) groups excluding carboxylic acids is 1. The van der Waals surface area contributed by atoms with E-state index in [0.29, 0.717) is 5.88 Å². The van der Waals surface area contributed by atoms with E-state index in [0.717, 1.165) is 0 Å². The van der Waals surface area contributed by atoms with Gasteiger partial charge in [-0.05, 0) is 5.41 Å². The quantitative estimate of drug-likeness (QED) is 0.456. The van der Waals surface area contributed by atoms with Gasteiger partial charge in [-0.15, -0.1) is 11.8 Å². The molecule has 0 aliphatic rings. The van der Waals surface area contributed by atoms with E-state index in [1.165, 1.54) is 18.7 Å². The summed E-state index contributed by atoms with van der Waals surface area (Å²) in [6.45, 7) is 4.96. The van der Waals surface area contributed by atoms with Crippen LogP contribution in [0.15, 0.2) is 12.0 Å². The summed E-state index contributed by atoms with van der Waals surface area (Å²) in [5.74, 6) is 0.623. The zero-order chi connectivity index (χ0) is 6.41. The first kappa shape index (κ1) is 7.56. The number of nitrogens with one attached hydrogen (secondary N) is 1. The predicted molar refractivity (Wildman–Crippen MR) is 36.5 cm³/mol. The summed E-state index contributed by atoms with van der Waals surface area (Å²) in [6, 6.07) is 0. The van der Waals surface area contributed by atoms with Crippen LogP contribution in [0.5, 0.6) is 0 Å². The van der Waals surface area contributed by atoms with Crippen molar-refractivity contribution in [3.8, 4) is 0 Å². The summed E-state index contributed by atoms with van der Waals surface area (Å²) >= 11 is 1.47. The monoisotopic (exact) mass is 131 g/mol. The number of thioether (sulfide) groups is 1. The Kier molecular flexibility index (Phi) is 4.45. The molecule has 0 rings (SSSR count). The van der Waals surface area contributed by atoms with E-state index in [1.54, 1.807) is 5.41 Å². The van der Waals surface area contributed by atoms with Gasteiger partial charge >= 0.3 is 0 Å². The van der Waals surface area contributed by atoms with E-state index in [4.69, 9.17) is 0 Å². The van der Waals surface area contributed by atoms with Crippen molar-refractivity contribution in [1.82, 2.24) is 5.32 Å². The van der Waals surface area contributed by atoms with Gasteiger partial charge in [-0.3, -0.25) is 4.79 Å². The number of rotatable bonds is 3. The van der Waals surface area contributed by atoms with Gasteiger partial charge in [-0.1, -0.05) is 6.58 Å². The van der Waals surface area contributed by atoms with Gasteiger partial charge in [0.05, 0.1) is 5.88 Å². The normalized spacial score (nSPS) is 8.12. The van der Waals surface area contributed by atoms with Gasteiger partial charge in [-0.2, -0.15) is 0 Å². The van der Waals surface area contributed by atoms with Gasteiger partial charge in [-0.25, -0.2) is 0 Å². The average Bonchev–Trinajstić information content (AvgIpc) is 1.66. The van der Waals surface area contributed by atoms with Crippen molar-refractivity contribution in [2.75, 3.05) is 5.88 Å². The Morgan fingerprint density at radius 2 is 2.62 bits per heavy atom. The van der Waals surface area contributed by atoms with E-state index in [1.807, 2.05) is 0 Å². The highest BCUT2D eigenvalue weighted by Gasteiger charge is 1.84. The highest BCUT2D eigenvalue weighted by Crippen LogP contribution is 1.94. The lowest BCUT2D eigenvalue weighted by molar-refractivity contribution is -0.118. The Labute approximate surface area is 53.3 Å². The summed E-state index contributed by atoms with van der Waals surface area (Å²) in [6.07, 6.45) is 0. The first-order valence-electron chi connectivity index (χ1n) is 2.24. The molecule has 0 aromatic carbocycles. The molecule has 0 aliphatic heterocycles. The van der Waals surface area contributed by atoms with E-state index in [2.05, 4.69) is 11.9 Å². The van der Waals surface area contributed by atoms with Crippen LogP contribution < -0.4 is 5.32 Å². The van der Waals surface area contributed by atoms with Gasteiger partial charge in [0.25, 0.3) is 0 Å². The minimum absolute atomic E-state index is 0.000602. The number of amides is 1. The SMILES string of the molecule is C=CSCNC(C)=O. The summed E-state index contributed by atoms with van der Waals surface area (Å²) in [7, 11) is 0. The highest BCUT2D eigenvalue weighted by atomic mass is 32.2. The molecule has 1 amide bonds. The second-order valence-corrected chi connectivity index (χ2v) is 2.17. The predicted octanol–water partition coefficient (Wildman–Crippen LogP) is 0.957. The molecule has 0 fully saturated rings. The van der Waals surface area contributed by atoms with Gasteiger partial charge in [0.2, 0.25) is 5.91 Å². The molecule has 0 atom stereocenters. The van der Waals surface area contributed by atoms with Crippen LogP contribution in [0.3, 0.4) is 0 Å². The Balaban J connectivity index is 2.93. The molecule has 3 heteroatoms. The van der Waals surface area contributed by atoms with E-state index < -0.39 is 0 Å². The Morgan fingerprint density at radius 3 is 3.00 bits per heavy atom. The van der Waals surface area contributed by atoms with Crippen LogP contribution in [0.1, 0.15) is 6.92 Å². The van der Waals surface area contributed by atoms with Crippen molar-refractivity contribution in [2.45, 2.75) is 6.92 Å². The Hall–Kier alpha value is -0.440. The second kappa shape index (κ2) is 4.71. The molecule has 2 nitrogen and oxygen atoms in total. The molecule has 0 heterocycles. The van der Waals surface area contributed by atoms with Crippen molar-refractivity contribution >= 4 is 17.7 Å². The topological polar surface area (TPSA) is 29.1 Å². The van der Waals surface area contributed by atoms with Gasteiger partial charge < -0.3 is 5.32 Å². The molecule has 0 saturated heterocycles. The number of hydrogen-bond acceptors (Lipinski definition) is 2. The molecular formula is C5H9NOS. The van der Waals surface area contributed by atoms with Gasteiger partial charge in [0.15, 0.2) is 0 Å². The van der Waals surface area contributed by atoms with Crippen LogP contribution in [0.4, 0.5) is 0 Å². The van der Waals surface area contributed by atoms with Crippen LogP contribution in [-0.4, -0.2) is 11.8 Å². The summed E-state index contributed by atoms with van der Waals surface area (Å²) in [4.78, 5) is 10.2. The van der Waals surface area contributed by atoms with Crippen LogP contribution >= 0.6 is 11.8 Å². The minimum Gasteiger partial charge on any atom is -0.347 e. The molecule has 0 aliphatic carbocycles. The lowest BCUT2D eigenvalue weighted by atomic mass is 10.7. The minimum atomic E-state index is -0.000602. The number of hydrogen-bond donors (Lipinski definition) is 1. The number of carbonyl (C=O) groups is 1. The van der Waals surface area contributed by atoms with E-state index >= 15 is 0 Å². The van der Waals surface area contributed by atoms with E-state index in [-0.39, 0.29) is 5.91 Å². The molecule has 0 bridgehead atoms. The zero-order valence-electron chi connectivity index (χ0n) is 4.81. The van der Waals surface area contributed by atoms with Crippen molar-refractivity contribution in [3.05, 3.63) is 12.0 Å². The summed E-state index contributed by atoms with van der Waals surface area (Å²) in [5.41, 5.74) is 0. The maximum absolute atomic E-state index is 10.2. The fourth-order valence-electron chi connectivity index (χ4n) is 0.202. The smallest absolute Gasteiger partial charge is 0.217 e. The third kappa shape index (κ3) is 5.56. The molecule has 0 aromatic heterocycles. The van der Waals surface area contributed by atoms with Crippen molar-refractivity contribution in [1.29, 1.82) is 0 Å². The van der Waals surface area contributed by atoms with Crippen LogP contribution in [0.2, 0.25) is 0 Å². The van der Waals surface area contributed by atoms with E-state index in [9.17, 15) is 4.79 Å². The summed E-state index contributed by atoms with van der Waals surface area (Å²) < 4.78 is 0. The average molecular weight is 131 g/mol. The highest BCUT2D eigenvalue weighted by molar-refractivity contribution is 8.02. The lowest BCUT2D eigenvalue weighted by Gasteiger charge is -1.94. The Bertz CT molecular complexity index is 92.4. The maximum Gasteiger partial charge on any atom is 0.217 e. The molecule has 0 saturated carbocycles. The third-order valence-corrected chi connectivity index (χ3v) is 1.07. The maximum atomic E-state index is 10.2. The molecule has 0 radical (unpaired) electrons. The largest absolute Gasteiger partial charge is 0.347 e. The standard InChI is InChI=1S/C5H9NOS/c1-3-8-4-6-5(2)7/h3H,1,4H2,2H3,(H,6,7). The fourth-order valence-corrected chi connectivity index (χ4v) is 0.607. The van der Waals surface area contributed by atoms with Gasteiger partial charge in [0.1, 0.15) is 0 Å². The molecule has 1 N–H and O–H groups in total. The zero-order valence-corrected chi connectivity index (χ0v) is 5.62. The third-order valence-electron chi connectivity index (χ3n) is 0.522. The van der Waals surface area contributed by atoms with Crippen LogP contribution in [0.25, 0.3) is 0 Å². The lowest BCUT2D eigenvalue weighted by Crippen LogP contribution is -2.18. The second-order valence-electron chi connectivity index (χ2n) is 1.21. The van der Waals surface area contributed by atoms with Crippen molar-refractivity contribution in [3.63, 3.8) is 0 Å². The summed E-state index contributed by atoms with van der Waals surface area (Å²) in [5, 5.41) is 4.29. The first-order chi connectivity index (χ1) is 3.77. The molecule has 0 aromatic rings. The Morgan fingerprint density at radius 1 is 2.00 bits per heavy atom. The van der Waals surface area contributed by atoms with Crippen LogP contribution in [-0.2, 0) is 4.79 Å². The fraction of sp³-hybridized carbons (Fsp3) is 0.400. The first-order valence-corrected chi connectivity index (χ1v) is 3.29. The molecule has 0 unspecified atom stereocenters. The van der Waals surface area contributed by atoms with Crippen molar-refractivity contribution in [2.24, 2.45) is 0 Å².